The summed E-state index contributed by atoms with van der Waals surface area (Å²) in [5.41, 5.74) is 0.736. The van der Waals surface area contributed by atoms with Gasteiger partial charge in [0.15, 0.2) is 11.5 Å². The Kier molecular flexibility index (Phi) is 6.92. The molecule has 1 saturated heterocycles. The molecule has 0 saturated carbocycles. The molecule has 0 unspecified atom stereocenters. The summed E-state index contributed by atoms with van der Waals surface area (Å²) in [6, 6.07) is 3.58. The van der Waals surface area contributed by atoms with Crippen LogP contribution in [0.5, 0.6) is 11.5 Å². The van der Waals surface area contributed by atoms with Gasteiger partial charge in [0.1, 0.15) is 6.61 Å². The number of rotatable bonds is 7. The fourth-order valence-electron chi connectivity index (χ4n) is 2.60. The van der Waals surface area contributed by atoms with Crippen molar-refractivity contribution in [3.63, 3.8) is 0 Å². The highest BCUT2D eigenvalue weighted by molar-refractivity contribution is 9.10. The van der Waals surface area contributed by atoms with Gasteiger partial charge in [0.05, 0.1) is 11.6 Å². The third-order valence-electron chi connectivity index (χ3n) is 3.77. The van der Waals surface area contributed by atoms with Gasteiger partial charge >= 0.3 is 5.97 Å². The molecule has 5 nitrogen and oxygen atoms in total. The molecule has 0 atom stereocenters. The van der Waals surface area contributed by atoms with Crippen molar-refractivity contribution in [2.24, 2.45) is 0 Å². The zero-order valence-electron chi connectivity index (χ0n) is 13.3. The second kappa shape index (κ2) is 8.93. The molecule has 0 radical (unpaired) electrons. The molecule has 0 amide bonds. The van der Waals surface area contributed by atoms with E-state index in [1.54, 1.807) is 13.2 Å². The molecule has 2 rings (SSSR count). The Labute approximate surface area is 145 Å². The first kappa shape index (κ1) is 17.8. The van der Waals surface area contributed by atoms with Crippen molar-refractivity contribution >= 4 is 28.0 Å². The molecule has 0 bridgehead atoms. The average molecular weight is 384 g/mol. The summed E-state index contributed by atoms with van der Waals surface area (Å²) in [4.78, 5) is 13.0. The molecule has 0 spiro atoms. The minimum atomic E-state index is -0.984. The molecule has 1 aromatic rings. The van der Waals surface area contributed by atoms with Crippen LogP contribution in [-0.2, 0) is 4.79 Å². The Morgan fingerprint density at radius 1 is 1.35 bits per heavy atom. The molecule has 126 valence electrons. The summed E-state index contributed by atoms with van der Waals surface area (Å²) >= 11 is 3.47. The smallest absolute Gasteiger partial charge is 0.328 e. The van der Waals surface area contributed by atoms with E-state index in [-0.39, 0.29) is 0 Å². The first-order chi connectivity index (χ1) is 11.1. The van der Waals surface area contributed by atoms with Crippen LogP contribution in [0.2, 0.25) is 0 Å². The fraction of sp³-hybridized carbons (Fsp3) is 0.471. The number of halogens is 1. The molecule has 1 fully saturated rings. The van der Waals surface area contributed by atoms with Crippen LogP contribution in [0.25, 0.3) is 6.08 Å². The van der Waals surface area contributed by atoms with Gasteiger partial charge in [-0.25, -0.2) is 4.79 Å². The highest BCUT2D eigenvalue weighted by Gasteiger charge is 2.13. The van der Waals surface area contributed by atoms with Crippen molar-refractivity contribution in [3.05, 3.63) is 28.2 Å². The monoisotopic (exact) mass is 383 g/mol. The highest BCUT2D eigenvalue weighted by Crippen LogP contribution is 2.37. The molecule has 0 aromatic heterocycles. The Balaban J connectivity index is 2.01. The number of carboxylic acid groups (broad SMARTS) is 1. The van der Waals surface area contributed by atoms with E-state index in [0.29, 0.717) is 18.1 Å². The summed E-state index contributed by atoms with van der Waals surface area (Å²) in [6.45, 7) is 3.77. The lowest BCUT2D eigenvalue weighted by Crippen LogP contribution is -2.33. The molecule has 1 aromatic carbocycles. The second-order valence-corrected chi connectivity index (χ2v) is 6.31. The summed E-state index contributed by atoms with van der Waals surface area (Å²) in [6.07, 6.45) is 6.46. The van der Waals surface area contributed by atoms with Gasteiger partial charge in [-0.1, -0.05) is 6.42 Å². The maximum Gasteiger partial charge on any atom is 0.328 e. The number of ether oxygens (including phenoxy) is 2. The number of benzene rings is 1. The van der Waals surface area contributed by atoms with Crippen LogP contribution in [0.3, 0.4) is 0 Å². The number of hydrogen-bond donors (Lipinski definition) is 1. The molecule has 1 aliphatic heterocycles. The van der Waals surface area contributed by atoms with Crippen molar-refractivity contribution in [2.45, 2.75) is 19.3 Å². The van der Waals surface area contributed by atoms with E-state index in [2.05, 4.69) is 20.8 Å². The van der Waals surface area contributed by atoms with E-state index < -0.39 is 5.97 Å². The lowest BCUT2D eigenvalue weighted by atomic mass is 10.1. The third-order valence-corrected chi connectivity index (χ3v) is 4.36. The largest absolute Gasteiger partial charge is 0.493 e. The molecular weight excluding hydrogens is 362 g/mol. The maximum atomic E-state index is 10.6. The van der Waals surface area contributed by atoms with Gasteiger partial charge in [0, 0.05) is 12.6 Å². The van der Waals surface area contributed by atoms with Crippen molar-refractivity contribution in [1.29, 1.82) is 0 Å². The second-order valence-electron chi connectivity index (χ2n) is 5.46. The summed E-state index contributed by atoms with van der Waals surface area (Å²) in [7, 11) is 1.57. The lowest BCUT2D eigenvalue weighted by molar-refractivity contribution is -0.131. The minimum Gasteiger partial charge on any atom is -0.493 e. The van der Waals surface area contributed by atoms with Gasteiger partial charge in [0.2, 0.25) is 0 Å². The Bertz CT molecular complexity index is 568. The molecule has 6 heteroatoms. The Morgan fingerprint density at radius 3 is 2.74 bits per heavy atom. The zero-order chi connectivity index (χ0) is 16.7. The van der Waals surface area contributed by atoms with Crippen LogP contribution >= 0.6 is 15.9 Å². The lowest BCUT2D eigenvalue weighted by Gasteiger charge is -2.26. The summed E-state index contributed by atoms with van der Waals surface area (Å²) in [5.74, 6) is 0.252. The number of methoxy groups -OCH3 is 1. The topological polar surface area (TPSA) is 59.0 Å². The molecule has 1 aliphatic rings. The quantitative estimate of drug-likeness (QED) is 0.730. The number of aliphatic carboxylic acids is 1. The van der Waals surface area contributed by atoms with Crippen LogP contribution in [0.1, 0.15) is 24.8 Å². The van der Waals surface area contributed by atoms with Crippen LogP contribution in [-0.4, -0.2) is 49.3 Å². The van der Waals surface area contributed by atoms with Gasteiger partial charge < -0.3 is 14.6 Å². The van der Waals surface area contributed by atoms with E-state index >= 15 is 0 Å². The van der Waals surface area contributed by atoms with E-state index in [1.807, 2.05) is 6.07 Å². The van der Waals surface area contributed by atoms with E-state index in [4.69, 9.17) is 14.6 Å². The van der Waals surface area contributed by atoms with Crippen molar-refractivity contribution < 1.29 is 19.4 Å². The molecular formula is C17H22BrNO4. The van der Waals surface area contributed by atoms with Crippen molar-refractivity contribution in [3.8, 4) is 11.5 Å². The van der Waals surface area contributed by atoms with Crippen LogP contribution < -0.4 is 9.47 Å². The van der Waals surface area contributed by atoms with Crippen LogP contribution in [0, 0.1) is 0 Å². The third kappa shape index (κ3) is 5.55. The standard InChI is InChI=1S/C17H22BrNO4/c1-22-15-12-13(5-6-16(20)21)11-14(18)17(15)23-10-9-19-7-3-2-4-8-19/h5-6,11-12H,2-4,7-10H2,1H3,(H,20,21). The van der Waals surface area contributed by atoms with Crippen molar-refractivity contribution in [1.82, 2.24) is 4.90 Å². The number of nitrogens with zero attached hydrogens (tertiary/aromatic N) is 1. The summed E-state index contributed by atoms with van der Waals surface area (Å²) in [5, 5.41) is 8.71. The molecule has 23 heavy (non-hydrogen) atoms. The Hall–Kier alpha value is -1.53. The van der Waals surface area contributed by atoms with Gasteiger partial charge in [-0.05, 0) is 65.6 Å². The number of piperidine rings is 1. The van der Waals surface area contributed by atoms with Gasteiger partial charge in [-0.15, -0.1) is 0 Å². The van der Waals surface area contributed by atoms with Crippen molar-refractivity contribution in [2.75, 3.05) is 33.4 Å². The van der Waals surface area contributed by atoms with Gasteiger partial charge in [-0.2, -0.15) is 0 Å². The normalized spacial score (nSPS) is 15.7. The summed E-state index contributed by atoms with van der Waals surface area (Å²) < 4.78 is 12.0. The van der Waals surface area contributed by atoms with Gasteiger partial charge in [0.25, 0.3) is 0 Å². The highest BCUT2D eigenvalue weighted by atomic mass is 79.9. The van der Waals surface area contributed by atoms with E-state index in [0.717, 1.165) is 35.7 Å². The maximum absolute atomic E-state index is 10.6. The number of carbonyl (C=O) groups is 1. The molecule has 1 N–H and O–H groups in total. The van der Waals surface area contributed by atoms with Gasteiger partial charge in [-0.3, -0.25) is 4.90 Å². The van der Waals surface area contributed by atoms with Crippen LogP contribution in [0.15, 0.2) is 22.7 Å². The molecule has 1 heterocycles. The van der Waals surface area contributed by atoms with E-state index in [1.165, 1.54) is 25.3 Å². The van der Waals surface area contributed by atoms with E-state index in [9.17, 15) is 4.79 Å². The number of carboxylic acids is 1. The first-order valence-corrected chi connectivity index (χ1v) is 8.53. The predicted molar refractivity (Wildman–Crippen MR) is 93.1 cm³/mol. The first-order valence-electron chi connectivity index (χ1n) is 7.74. The van der Waals surface area contributed by atoms with Crippen LogP contribution in [0.4, 0.5) is 0 Å². The predicted octanol–water partition coefficient (Wildman–Crippen LogP) is 3.42. The molecule has 0 aliphatic carbocycles. The fourth-order valence-corrected chi connectivity index (χ4v) is 3.18. The zero-order valence-corrected chi connectivity index (χ0v) is 14.8. The minimum absolute atomic E-state index is 0.586. The SMILES string of the molecule is COc1cc(C=CC(=O)O)cc(Br)c1OCCN1CCCCC1. The number of hydrogen-bond acceptors (Lipinski definition) is 4. The Morgan fingerprint density at radius 2 is 2.09 bits per heavy atom. The number of likely N-dealkylation sites (tertiary alicyclic amines) is 1. The average Bonchev–Trinajstić information content (AvgIpc) is 2.55.